The standard InChI is InChI=1S/C16H12N4O2/c1-22-13-8-6-12(7-9-13)19-16(21)20-15(18-19)14-5-3-2-4-11(14)10-17-20/h2-10H,1H3. The second kappa shape index (κ2) is 4.70. The van der Waals surface area contributed by atoms with Crippen molar-refractivity contribution < 1.29 is 4.74 Å². The summed E-state index contributed by atoms with van der Waals surface area (Å²) < 4.78 is 7.78. The smallest absolute Gasteiger partial charge is 0.371 e. The molecule has 2 heterocycles. The molecule has 0 spiro atoms. The Morgan fingerprint density at radius 1 is 1.05 bits per heavy atom. The summed E-state index contributed by atoms with van der Waals surface area (Å²) in [5.74, 6) is 0.726. The Morgan fingerprint density at radius 2 is 1.82 bits per heavy atom. The Bertz CT molecular complexity index is 1030. The predicted octanol–water partition coefficient (Wildman–Crippen LogP) is 2.04. The minimum atomic E-state index is -0.300. The van der Waals surface area contributed by atoms with E-state index in [0.717, 1.165) is 16.5 Å². The van der Waals surface area contributed by atoms with E-state index < -0.39 is 0 Å². The van der Waals surface area contributed by atoms with Gasteiger partial charge in [-0.1, -0.05) is 24.3 Å². The van der Waals surface area contributed by atoms with E-state index in [1.165, 1.54) is 9.20 Å². The Balaban J connectivity index is 2.00. The zero-order valence-electron chi connectivity index (χ0n) is 11.8. The lowest BCUT2D eigenvalue weighted by Crippen LogP contribution is -2.20. The maximum atomic E-state index is 12.5. The first-order valence-electron chi connectivity index (χ1n) is 6.78. The van der Waals surface area contributed by atoms with E-state index in [1.54, 1.807) is 37.6 Å². The summed E-state index contributed by atoms with van der Waals surface area (Å²) in [4.78, 5) is 12.5. The molecule has 0 saturated carbocycles. The molecule has 4 rings (SSSR count). The van der Waals surface area contributed by atoms with Crippen LogP contribution in [-0.4, -0.2) is 26.5 Å². The molecule has 0 fully saturated rings. The molecule has 0 unspecified atom stereocenters. The normalized spacial score (nSPS) is 11.1. The molecule has 0 aliphatic heterocycles. The van der Waals surface area contributed by atoms with Crippen LogP contribution in [0.15, 0.2) is 59.5 Å². The molecule has 0 saturated heterocycles. The van der Waals surface area contributed by atoms with E-state index in [0.29, 0.717) is 11.3 Å². The van der Waals surface area contributed by atoms with Gasteiger partial charge in [-0.3, -0.25) is 0 Å². The summed E-state index contributed by atoms with van der Waals surface area (Å²) in [6, 6.07) is 14.9. The molecule has 0 aliphatic carbocycles. The van der Waals surface area contributed by atoms with Crippen molar-refractivity contribution >= 4 is 16.4 Å². The van der Waals surface area contributed by atoms with Gasteiger partial charge in [-0.15, -0.1) is 5.10 Å². The van der Waals surface area contributed by atoms with Crippen molar-refractivity contribution in [2.45, 2.75) is 0 Å². The fourth-order valence-electron chi connectivity index (χ4n) is 2.46. The van der Waals surface area contributed by atoms with Gasteiger partial charge in [0.2, 0.25) is 0 Å². The van der Waals surface area contributed by atoms with Crippen LogP contribution in [0.4, 0.5) is 0 Å². The molecule has 0 N–H and O–H groups in total. The van der Waals surface area contributed by atoms with Crippen LogP contribution in [0.25, 0.3) is 22.1 Å². The fraction of sp³-hybridized carbons (Fsp3) is 0.0625. The second-order valence-electron chi connectivity index (χ2n) is 4.86. The minimum absolute atomic E-state index is 0.300. The number of nitrogens with zero attached hydrogens (tertiary/aromatic N) is 4. The molecule has 6 nitrogen and oxygen atoms in total. The highest BCUT2D eigenvalue weighted by molar-refractivity contribution is 5.92. The van der Waals surface area contributed by atoms with Crippen molar-refractivity contribution in [3.8, 4) is 11.4 Å². The van der Waals surface area contributed by atoms with E-state index in [-0.39, 0.29) is 5.69 Å². The topological polar surface area (TPSA) is 61.4 Å². The van der Waals surface area contributed by atoms with Crippen LogP contribution in [0.2, 0.25) is 0 Å². The van der Waals surface area contributed by atoms with Gasteiger partial charge in [0.1, 0.15) is 5.75 Å². The van der Waals surface area contributed by atoms with Gasteiger partial charge in [0, 0.05) is 10.8 Å². The third kappa shape index (κ3) is 1.77. The first-order chi connectivity index (χ1) is 10.8. The van der Waals surface area contributed by atoms with Gasteiger partial charge >= 0.3 is 5.69 Å². The molecule has 0 amide bonds. The summed E-state index contributed by atoms with van der Waals surface area (Å²) in [6.45, 7) is 0. The second-order valence-corrected chi connectivity index (χ2v) is 4.86. The van der Waals surface area contributed by atoms with Gasteiger partial charge in [-0.2, -0.15) is 14.3 Å². The van der Waals surface area contributed by atoms with Crippen LogP contribution in [0.1, 0.15) is 0 Å². The summed E-state index contributed by atoms with van der Waals surface area (Å²) >= 11 is 0. The summed E-state index contributed by atoms with van der Waals surface area (Å²) in [7, 11) is 1.60. The Hall–Kier alpha value is -3.15. The lowest BCUT2D eigenvalue weighted by molar-refractivity contribution is 0.414. The van der Waals surface area contributed by atoms with E-state index in [9.17, 15) is 4.79 Å². The molecule has 108 valence electrons. The first kappa shape index (κ1) is 12.6. The summed E-state index contributed by atoms with van der Waals surface area (Å²) in [5.41, 5.74) is 0.908. The van der Waals surface area contributed by atoms with Gasteiger partial charge in [-0.25, -0.2) is 4.79 Å². The molecule has 6 heteroatoms. The van der Waals surface area contributed by atoms with E-state index in [2.05, 4.69) is 10.2 Å². The van der Waals surface area contributed by atoms with Crippen molar-refractivity contribution in [3.63, 3.8) is 0 Å². The zero-order chi connectivity index (χ0) is 15.1. The van der Waals surface area contributed by atoms with Crippen molar-refractivity contribution in [3.05, 3.63) is 65.2 Å². The van der Waals surface area contributed by atoms with Crippen molar-refractivity contribution in [2.24, 2.45) is 0 Å². The average Bonchev–Trinajstić information content (AvgIpc) is 2.92. The lowest BCUT2D eigenvalue weighted by Gasteiger charge is -2.01. The van der Waals surface area contributed by atoms with Crippen LogP contribution in [0.3, 0.4) is 0 Å². The van der Waals surface area contributed by atoms with Gasteiger partial charge in [0.05, 0.1) is 19.0 Å². The molecule has 0 atom stereocenters. The molecular weight excluding hydrogens is 280 g/mol. The molecule has 0 aliphatic rings. The van der Waals surface area contributed by atoms with Crippen LogP contribution in [0, 0.1) is 0 Å². The van der Waals surface area contributed by atoms with Gasteiger partial charge in [0.15, 0.2) is 5.65 Å². The molecule has 22 heavy (non-hydrogen) atoms. The quantitative estimate of drug-likeness (QED) is 0.567. The Labute approximate surface area is 125 Å². The Morgan fingerprint density at radius 3 is 2.59 bits per heavy atom. The number of ether oxygens (including phenoxy) is 1. The van der Waals surface area contributed by atoms with E-state index in [1.807, 2.05) is 24.3 Å². The van der Waals surface area contributed by atoms with Crippen molar-refractivity contribution in [2.75, 3.05) is 7.11 Å². The maximum Gasteiger partial charge on any atom is 0.371 e. The third-order valence-electron chi connectivity index (χ3n) is 3.59. The number of hydrogen-bond acceptors (Lipinski definition) is 4. The molecule has 2 aromatic carbocycles. The van der Waals surface area contributed by atoms with E-state index >= 15 is 0 Å². The van der Waals surface area contributed by atoms with Crippen LogP contribution in [0.5, 0.6) is 5.75 Å². The lowest BCUT2D eigenvalue weighted by atomic mass is 10.2. The monoisotopic (exact) mass is 292 g/mol. The van der Waals surface area contributed by atoms with Crippen molar-refractivity contribution in [1.29, 1.82) is 0 Å². The maximum absolute atomic E-state index is 12.5. The number of fused-ring (bicyclic) bond motifs is 3. The van der Waals surface area contributed by atoms with Crippen LogP contribution < -0.4 is 10.4 Å². The van der Waals surface area contributed by atoms with Crippen LogP contribution in [-0.2, 0) is 0 Å². The highest BCUT2D eigenvalue weighted by Gasteiger charge is 2.12. The minimum Gasteiger partial charge on any atom is -0.497 e. The van der Waals surface area contributed by atoms with Crippen molar-refractivity contribution in [1.82, 2.24) is 19.4 Å². The molecule has 4 aromatic rings. The Kier molecular flexibility index (Phi) is 2.69. The first-order valence-corrected chi connectivity index (χ1v) is 6.78. The zero-order valence-corrected chi connectivity index (χ0v) is 11.8. The van der Waals surface area contributed by atoms with Gasteiger partial charge < -0.3 is 4.74 Å². The highest BCUT2D eigenvalue weighted by Crippen LogP contribution is 2.17. The largest absolute Gasteiger partial charge is 0.497 e. The summed E-state index contributed by atoms with van der Waals surface area (Å²) in [6.07, 6.45) is 1.67. The van der Waals surface area contributed by atoms with Gasteiger partial charge in [0.25, 0.3) is 0 Å². The van der Waals surface area contributed by atoms with E-state index in [4.69, 9.17) is 4.74 Å². The molecular formula is C16H12N4O2. The average molecular weight is 292 g/mol. The highest BCUT2D eigenvalue weighted by atomic mass is 16.5. The van der Waals surface area contributed by atoms with Gasteiger partial charge in [-0.05, 0) is 24.3 Å². The summed E-state index contributed by atoms with van der Waals surface area (Å²) in [5, 5.41) is 10.5. The molecule has 2 aromatic heterocycles. The number of rotatable bonds is 2. The number of aromatic nitrogens is 4. The fourth-order valence-corrected chi connectivity index (χ4v) is 2.46. The molecule has 0 bridgehead atoms. The third-order valence-corrected chi connectivity index (χ3v) is 3.59. The SMILES string of the molecule is COc1ccc(-n2nc3c4ccccc4cnn3c2=O)cc1. The number of methoxy groups -OCH3 is 1. The van der Waals surface area contributed by atoms with Crippen LogP contribution >= 0.6 is 0 Å². The number of benzene rings is 2. The molecule has 0 radical (unpaired) electrons. The number of hydrogen-bond donors (Lipinski definition) is 0. The predicted molar refractivity (Wildman–Crippen MR) is 82.6 cm³/mol.